The van der Waals surface area contributed by atoms with Crippen molar-refractivity contribution in [1.82, 2.24) is 0 Å². The van der Waals surface area contributed by atoms with Crippen molar-refractivity contribution in [2.75, 3.05) is 10.6 Å². The number of anilines is 2. The highest BCUT2D eigenvalue weighted by atomic mass is 35.5. The predicted molar refractivity (Wildman–Crippen MR) is 114 cm³/mol. The molecule has 0 aliphatic heterocycles. The molecule has 2 amide bonds. The second kappa shape index (κ2) is 9.05. The van der Waals surface area contributed by atoms with Crippen LogP contribution in [0.3, 0.4) is 0 Å². The van der Waals surface area contributed by atoms with Crippen LogP contribution in [-0.2, 0) is 5.88 Å². The first-order chi connectivity index (χ1) is 14.0. The van der Waals surface area contributed by atoms with Crippen LogP contribution < -0.4 is 10.6 Å². The third-order valence-corrected chi connectivity index (χ3v) is 4.70. The summed E-state index contributed by atoms with van der Waals surface area (Å²) in [5.74, 6) is -0.154. The molecule has 5 nitrogen and oxygen atoms in total. The number of hydrogen-bond donors (Lipinski definition) is 2. The lowest BCUT2D eigenvalue weighted by Crippen LogP contribution is -2.14. The van der Waals surface area contributed by atoms with Gasteiger partial charge in [-0.2, -0.15) is 5.26 Å². The largest absolute Gasteiger partial charge is 0.322 e. The van der Waals surface area contributed by atoms with Crippen molar-refractivity contribution in [2.45, 2.75) is 12.8 Å². The summed E-state index contributed by atoms with van der Waals surface area (Å²) in [5, 5.41) is 14.5. The van der Waals surface area contributed by atoms with Crippen LogP contribution in [0.15, 0.2) is 66.7 Å². The van der Waals surface area contributed by atoms with Gasteiger partial charge in [0, 0.05) is 28.4 Å². The molecule has 3 aromatic rings. The smallest absolute Gasteiger partial charge is 0.255 e. The van der Waals surface area contributed by atoms with E-state index in [1.165, 1.54) is 0 Å². The summed E-state index contributed by atoms with van der Waals surface area (Å²) in [7, 11) is 0. The minimum atomic E-state index is -0.299. The van der Waals surface area contributed by atoms with E-state index >= 15 is 0 Å². The maximum absolute atomic E-state index is 12.5. The Labute approximate surface area is 173 Å². The van der Waals surface area contributed by atoms with E-state index in [0.29, 0.717) is 33.9 Å². The summed E-state index contributed by atoms with van der Waals surface area (Å²) in [6.07, 6.45) is 0. The summed E-state index contributed by atoms with van der Waals surface area (Å²) in [4.78, 5) is 24.9. The van der Waals surface area contributed by atoms with E-state index in [4.69, 9.17) is 16.9 Å². The third-order valence-electron chi connectivity index (χ3n) is 4.39. The van der Waals surface area contributed by atoms with Crippen LogP contribution in [-0.4, -0.2) is 11.8 Å². The van der Waals surface area contributed by atoms with E-state index in [1.807, 2.05) is 31.2 Å². The average Bonchev–Trinajstić information content (AvgIpc) is 2.76. The van der Waals surface area contributed by atoms with Gasteiger partial charge in [-0.05, 0) is 66.6 Å². The number of nitrogens with one attached hydrogen (secondary N) is 2. The van der Waals surface area contributed by atoms with Gasteiger partial charge >= 0.3 is 0 Å². The molecule has 0 saturated carbocycles. The molecule has 0 fully saturated rings. The summed E-state index contributed by atoms with van der Waals surface area (Å²) >= 11 is 5.78. The fourth-order valence-corrected chi connectivity index (χ4v) is 2.85. The highest BCUT2D eigenvalue weighted by molar-refractivity contribution is 6.17. The number of nitrogens with zero attached hydrogens (tertiary/aromatic N) is 1. The first kappa shape index (κ1) is 20.1. The lowest BCUT2D eigenvalue weighted by atomic mass is 10.1. The van der Waals surface area contributed by atoms with Gasteiger partial charge in [0.25, 0.3) is 11.8 Å². The maximum atomic E-state index is 12.5. The summed E-state index contributed by atoms with van der Waals surface area (Å²) in [6.45, 7) is 1.87. The number of halogens is 1. The molecule has 0 aromatic heterocycles. The number of alkyl halides is 1. The van der Waals surface area contributed by atoms with Gasteiger partial charge in [-0.15, -0.1) is 11.6 Å². The Morgan fingerprint density at radius 2 is 1.48 bits per heavy atom. The van der Waals surface area contributed by atoms with Gasteiger partial charge in [-0.3, -0.25) is 9.59 Å². The molecule has 0 bridgehead atoms. The highest BCUT2D eigenvalue weighted by Crippen LogP contribution is 2.22. The first-order valence-electron chi connectivity index (χ1n) is 8.88. The molecule has 0 saturated heterocycles. The van der Waals surface area contributed by atoms with Crippen LogP contribution in [0, 0.1) is 18.3 Å². The summed E-state index contributed by atoms with van der Waals surface area (Å²) < 4.78 is 0. The third kappa shape index (κ3) is 5.01. The van der Waals surface area contributed by atoms with E-state index in [0.717, 1.165) is 11.1 Å². The number of benzene rings is 3. The van der Waals surface area contributed by atoms with Gasteiger partial charge in [0.15, 0.2) is 0 Å². The van der Waals surface area contributed by atoms with Crippen LogP contribution in [0.25, 0.3) is 0 Å². The molecule has 6 heteroatoms. The van der Waals surface area contributed by atoms with Gasteiger partial charge in [0.2, 0.25) is 0 Å². The van der Waals surface area contributed by atoms with Crippen molar-refractivity contribution in [2.24, 2.45) is 0 Å². The minimum Gasteiger partial charge on any atom is -0.322 e. The Morgan fingerprint density at radius 1 is 0.897 bits per heavy atom. The molecule has 3 rings (SSSR count). The second-order valence-corrected chi connectivity index (χ2v) is 6.72. The first-order valence-corrected chi connectivity index (χ1v) is 9.42. The summed E-state index contributed by atoms with van der Waals surface area (Å²) in [5.41, 5.74) is 4.41. The number of amides is 2. The molecule has 0 heterocycles. The molecule has 0 atom stereocenters. The Bertz CT molecular complexity index is 1080. The quantitative estimate of drug-likeness (QED) is 0.580. The lowest BCUT2D eigenvalue weighted by Gasteiger charge is -2.12. The summed E-state index contributed by atoms with van der Waals surface area (Å²) in [6, 6.07) is 20.7. The Hall–Kier alpha value is -3.62. The topological polar surface area (TPSA) is 82.0 Å². The zero-order valence-corrected chi connectivity index (χ0v) is 16.5. The van der Waals surface area contributed by atoms with Crippen molar-refractivity contribution in [3.8, 4) is 6.07 Å². The number of carbonyl (C=O) groups is 2. The molecule has 0 aliphatic carbocycles. The van der Waals surface area contributed by atoms with Crippen LogP contribution in [0.4, 0.5) is 11.4 Å². The maximum Gasteiger partial charge on any atom is 0.255 e. The lowest BCUT2D eigenvalue weighted by molar-refractivity contribution is 0.101. The van der Waals surface area contributed by atoms with Crippen LogP contribution in [0.2, 0.25) is 0 Å². The molecule has 0 spiro atoms. The molecular weight excluding hydrogens is 386 g/mol. The zero-order chi connectivity index (χ0) is 20.8. The normalized spacial score (nSPS) is 10.1. The highest BCUT2D eigenvalue weighted by Gasteiger charge is 2.11. The monoisotopic (exact) mass is 403 g/mol. The van der Waals surface area contributed by atoms with E-state index in [-0.39, 0.29) is 11.8 Å². The van der Waals surface area contributed by atoms with E-state index in [1.54, 1.807) is 48.5 Å². The van der Waals surface area contributed by atoms with Crippen LogP contribution in [0.5, 0.6) is 0 Å². The van der Waals surface area contributed by atoms with E-state index in [9.17, 15) is 9.59 Å². The Kier molecular flexibility index (Phi) is 6.28. The van der Waals surface area contributed by atoms with Gasteiger partial charge in [0.05, 0.1) is 11.6 Å². The molecule has 0 unspecified atom stereocenters. The minimum absolute atomic E-state index is 0.246. The molecule has 144 valence electrons. The number of rotatable bonds is 5. The fourth-order valence-electron chi connectivity index (χ4n) is 2.67. The molecule has 2 N–H and O–H groups in total. The molecular formula is C23H18ClN3O2. The number of aryl methyl sites for hydroxylation is 1. The van der Waals surface area contributed by atoms with Crippen LogP contribution in [0.1, 0.15) is 37.4 Å². The van der Waals surface area contributed by atoms with Gasteiger partial charge in [-0.25, -0.2) is 0 Å². The Balaban J connectivity index is 1.73. The molecule has 0 aliphatic rings. The van der Waals surface area contributed by atoms with E-state index < -0.39 is 0 Å². The van der Waals surface area contributed by atoms with Crippen LogP contribution >= 0.6 is 11.6 Å². The number of nitriles is 1. The van der Waals surface area contributed by atoms with Crippen molar-refractivity contribution in [3.63, 3.8) is 0 Å². The zero-order valence-electron chi connectivity index (χ0n) is 15.7. The standard InChI is InChI=1S/C23H18ClN3O2/c1-15-2-11-20(26-22(28)18-9-5-17(14-25)6-10-18)12-21(15)27-23(29)19-7-3-16(13-24)4-8-19/h2-12H,13H2,1H3,(H,26,28)(H,27,29). The van der Waals surface area contributed by atoms with Crippen molar-refractivity contribution in [3.05, 3.63) is 94.5 Å². The van der Waals surface area contributed by atoms with Gasteiger partial charge in [-0.1, -0.05) is 18.2 Å². The fraction of sp³-hybridized carbons (Fsp3) is 0.0870. The molecule has 29 heavy (non-hydrogen) atoms. The molecule has 3 aromatic carbocycles. The second-order valence-electron chi connectivity index (χ2n) is 6.46. The SMILES string of the molecule is Cc1ccc(NC(=O)c2ccc(C#N)cc2)cc1NC(=O)c1ccc(CCl)cc1. The average molecular weight is 404 g/mol. The predicted octanol–water partition coefficient (Wildman–Crippen LogP) is 5.11. The number of carbonyl (C=O) groups excluding carboxylic acids is 2. The van der Waals surface area contributed by atoms with E-state index in [2.05, 4.69) is 10.6 Å². The molecule has 0 radical (unpaired) electrons. The van der Waals surface area contributed by atoms with Gasteiger partial charge in [0.1, 0.15) is 0 Å². The van der Waals surface area contributed by atoms with Crippen molar-refractivity contribution in [1.29, 1.82) is 5.26 Å². The van der Waals surface area contributed by atoms with Gasteiger partial charge < -0.3 is 10.6 Å². The van der Waals surface area contributed by atoms with Crippen molar-refractivity contribution >= 4 is 34.8 Å². The number of hydrogen-bond acceptors (Lipinski definition) is 3. The Morgan fingerprint density at radius 3 is 2.07 bits per heavy atom. The van der Waals surface area contributed by atoms with Crippen molar-refractivity contribution < 1.29 is 9.59 Å².